The number of hydrogen-bond acceptors (Lipinski definition) is 0. The summed E-state index contributed by atoms with van der Waals surface area (Å²) in [4.78, 5) is 0. The maximum atomic E-state index is 2.49. The van der Waals surface area contributed by atoms with Gasteiger partial charge in [0.25, 0.3) is 0 Å². The van der Waals surface area contributed by atoms with Crippen LogP contribution in [0.25, 0.3) is 0 Å². The summed E-state index contributed by atoms with van der Waals surface area (Å²) in [5.74, 6) is 0. The van der Waals surface area contributed by atoms with Crippen LogP contribution in [0.3, 0.4) is 0 Å². The predicted molar refractivity (Wildman–Crippen MR) is 122 cm³/mol. The predicted octanol–water partition coefficient (Wildman–Crippen LogP) is -0.673. The Morgan fingerprint density at radius 3 is 1.39 bits per heavy atom. The Hall–Kier alpha value is 0.814. The molecule has 0 aromatic heterocycles. The molecule has 0 aliphatic carbocycles. The van der Waals surface area contributed by atoms with Gasteiger partial charge in [-0.3, -0.25) is 0 Å². The van der Waals surface area contributed by atoms with E-state index in [2.05, 4.69) is 75.7 Å². The van der Waals surface area contributed by atoms with Crippen LogP contribution in [0.5, 0.6) is 0 Å². The summed E-state index contributed by atoms with van der Waals surface area (Å²) >= 11 is 1.74. The van der Waals surface area contributed by atoms with Gasteiger partial charge in [0.05, 0.1) is 0 Å². The standard InChI is InChI=1S/2C10H15Si.C2H6Si.2ClH.Zr/c2*1-11(2)8-4-6-9-5-3-7-10(9)11;1-3-2;;;/h2*3,5,7H,4,6,8H2,1-2H3;1-2H3;2*1H;/q2*-1;;;;+2/p-2. The van der Waals surface area contributed by atoms with Gasteiger partial charge < -0.3 is 24.8 Å². The molecule has 28 heavy (non-hydrogen) atoms. The molecular formula is C22H36Cl2Si3Zr-2. The maximum Gasteiger partial charge on any atom is 0.00742 e. The topological polar surface area (TPSA) is 0 Å². The molecule has 0 unspecified atom stereocenters. The Labute approximate surface area is 203 Å². The average molecular weight is 547 g/mol. The first-order valence-electron chi connectivity index (χ1n) is 10.2. The van der Waals surface area contributed by atoms with Crippen LogP contribution in [0.15, 0.2) is 36.4 Å². The summed E-state index contributed by atoms with van der Waals surface area (Å²) in [6.07, 6.45) is 5.52. The van der Waals surface area contributed by atoms with Gasteiger partial charge in [-0.15, -0.1) is 0 Å². The van der Waals surface area contributed by atoms with Crippen molar-refractivity contribution in [3.05, 3.63) is 47.5 Å². The smallest absolute Gasteiger partial charge is 0.00742 e. The molecule has 156 valence electrons. The molecule has 0 saturated heterocycles. The first-order valence-corrected chi connectivity index (χ1v) is 22.8. The summed E-state index contributed by atoms with van der Waals surface area (Å²) in [5.41, 5.74) is 3.50. The molecule has 0 atom stereocenters. The SMILES string of the molecule is C[Si](C)=[Zr+2].C[Si]1(C)CCCc2[cH-]ccc21.C[Si]1(C)CCCc2[cH-]ccc21.[Cl-].[Cl-]. The normalized spacial score (nSPS) is 17.7. The molecule has 2 heterocycles. The van der Waals surface area contributed by atoms with E-state index in [1.54, 1.807) is 44.8 Å². The molecule has 0 fully saturated rings. The molecule has 0 bridgehead atoms. The molecule has 0 radical (unpaired) electrons. The summed E-state index contributed by atoms with van der Waals surface area (Å²) in [6.45, 7) is 14.6. The summed E-state index contributed by atoms with van der Waals surface area (Å²) in [6, 6.07) is 16.7. The van der Waals surface area contributed by atoms with Crippen molar-refractivity contribution in [2.75, 3.05) is 0 Å². The molecule has 0 saturated carbocycles. The second-order valence-electron chi connectivity index (χ2n) is 9.40. The monoisotopic (exact) mass is 544 g/mol. The Kier molecular flexibility index (Phi) is 13.0. The average Bonchev–Trinajstić information content (AvgIpc) is 3.16. The number of rotatable bonds is 0. The van der Waals surface area contributed by atoms with Gasteiger partial charge in [0.1, 0.15) is 0 Å². The van der Waals surface area contributed by atoms with E-state index in [1.165, 1.54) is 37.8 Å². The van der Waals surface area contributed by atoms with Crippen LogP contribution in [-0.2, 0) is 36.2 Å². The van der Waals surface area contributed by atoms with Gasteiger partial charge in [-0.25, -0.2) is 12.1 Å². The Balaban J connectivity index is 0.000000415. The number of hydrogen-bond donors (Lipinski definition) is 0. The molecular weight excluding hydrogens is 511 g/mol. The van der Waals surface area contributed by atoms with Gasteiger partial charge in [0, 0.05) is 16.1 Å². The fourth-order valence-electron chi connectivity index (χ4n) is 4.38. The van der Waals surface area contributed by atoms with Crippen LogP contribution < -0.4 is 35.2 Å². The minimum Gasteiger partial charge on any atom is -1.00 e. The van der Waals surface area contributed by atoms with Crippen molar-refractivity contribution < 1.29 is 48.1 Å². The molecule has 0 amide bonds. The largest absolute Gasteiger partial charge is 1.00 e. The Morgan fingerprint density at radius 1 is 0.786 bits per heavy atom. The first-order chi connectivity index (χ1) is 12.1. The second kappa shape index (κ2) is 12.6. The van der Waals surface area contributed by atoms with Crippen molar-refractivity contribution in [1.29, 1.82) is 0 Å². The van der Waals surface area contributed by atoms with E-state index in [-0.39, 0.29) is 30.2 Å². The Morgan fingerprint density at radius 2 is 1.11 bits per heavy atom. The van der Waals surface area contributed by atoms with Crippen molar-refractivity contribution in [1.82, 2.24) is 0 Å². The fourth-order valence-corrected chi connectivity index (χ4v) is 10.3. The van der Waals surface area contributed by atoms with Gasteiger partial charge in [-0.1, -0.05) is 64.0 Å². The molecule has 0 N–H and O–H groups in total. The molecule has 0 spiro atoms. The van der Waals surface area contributed by atoms with E-state index in [4.69, 9.17) is 0 Å². The summed E-state index contributed by atoms with van der Waals surface area (Å²) in [7, 11) is -1.92. The van der Waals surface area contributed by atoms with Crippen LogP contribution in [0.2, 0.25) is 51.4 Å². The van der Waals surface area contributed by atoms with Crippen molar-refractivity contribution >= 4 is 32.0 Å². The zero-order valence-corrected chi connectivity index (χ0v) is 25.4. The third kappa shape index (κ3) is 8.15. The second-order valence-corrected chi connectivity index (χ2v) is 28.4. The minimum absolute atomic E-state index is 0. The Bertz CT molecular complexity index is 671. The fraction of sp³-hybridized carbons (Fsp3) is 0.545. The van der Waals surface area contributed by atoms with Crippen LogP contribution >= 0.6 is 0 Å². The van der Waals surface area contributed by atoms with Crippen molar-refractivity contribution in [3.8, 4) is 0 Å². The zero-order valence-electron chi connectivity index (χ0n) is 18.5. The van der Waals surface area contributed by atoms with E-state index in [0.29, 0.717) is 0 Å². The van der Waals surface area contributed by atoms with Crippen molar-refractivity contribution in [2.24, 2.45) is 0 Å². The third-order valence-electron chi connectivity index (χ3n) is 5.77. The van der Waals surface area contributed by atoms with Crippen LogP contribution in [0.4, 0.5) is 0 Å². The van der Waals surface area contributed by atoms with Gasteiger partial charge in [0.15, 0.2) is 0 Å². The van der Waals surface area contributed by atoms with E-state index < -0.39 is 16.1 Å². The van der Waals surface area contributed by atoms with E-state index >= 15 is 0 Å². The summed E-state index contributed by atoms with van der Waals surface area (Å²) in [5, 5.41) is 3.45. The van der Waals surface area contributed by atoms with E-state index in [9.17, 15) is 0 Å². The van der Waals surface area contributed by atoms with E-state index in [0.717, 1.165) is 0 Å². The molecule has 2 aliphatic heterocycles. The van der Waals surface area contributed by atoms with Gasteiger partial charge >= 0.3 is 41.9 Å². The third-order valence-corrected chi connectivity index (χ3v) is 12.9. The molecule has 4 rings (SSSR count). The number of aryl methyl sites for hydroxylation is 2. The van der Waals surface area contributed by atoms with Crippen molar-refractivity contribution in [3.63, 3.8) is 0 Å². The molecule has 6 heteroatoms. The van der Waals surface area contributed by atoms with Crippen LogP contribution in [-0.4, -0.2) is 21.6 Å². The number of fused-ring (bicyclic) bond motifs is 2. The molecule has 2 aromatic carbocycles. The van der Waals surface area contributed by atoms with Crippen LogP contribution in [0.1, 0.15) is 24.0 Å². The van der Waals surface area contributed by atoms with Crippen LogP contribution in [0, 0.1) is 0 Å². The van der Waals surface area contributed by atoms with E-state index in [1.807, 2.05) is 0 Å². The van der Waals surface area contributed by atoms with Gasteiger partial charge in [-0.2, -0.15) is 45.8 Å². The van der Waals surface area contributed by atoms with Gasteiger partial charge in [0.2, 0.25) is 0 Å². The van der Waals surface area contributed by atoms with Crippen molar-refractivity contribution in [2.45, 2.75) is 77.1 Å². The summed E-state index contributed by atoms with van der Waals surface area (Å²) < 4.78 is 0. The minimum atomic E-state index is -0.959. The molecule has 0 nitrogen and oxygen atoms in total. The number of halogens is 2. The maximum absolute atomic E-state index is 2.49. The first kappa shape index (κ1) is 28.8. The molecule has 2 aliphatic rings. The van der Waals surface area contributed by atoms with Gasteiger partial charge in [-0.05, 0) is 0 Å². The zero-order chi connectivity index (χ0) is 19.4. The molecule has 2 aromatic rings. The quantitative estimate of drug-likeness (QED) is 0.304.